The van der Waals surface area contributed by atoms with Crippen LogP contribution in [-0.4, -0.2) is 30.6 Å². The van der Waals surface area contributed by atoms with Crippen LogP contribution in [0.25, 0.3) is 0 Å². The van der Waals surface area contributed by atoms with Gasteiger partial charge in [0, 0.05) is 6.20 Å². The van der Waals surface area contributed by atoms with Crippen molar-refractivity contribution in [2.24, 2.45) is 0 Å². The maximum Gasteiger partial charge on any atom is 0.356 e. The molecular formula is C11H13NO4. The molecule has 0 bridgehead atoms. The van der Waals surface area contributed by atoms with Crippen molar-refractivity contribution in [3.63, 3.8) is 0 Å². The highest BCUT2D eigenvalue weighted by molar-refractivity contribution is 5.93. The number of aromatic nitrogens is 1. The molecule has 0 aliphatic carbocycles. The number of hydrogen-bond acceptors (Lipinski definition) is 5. The van der Waals surface area contributed by atoms with Gasteiger partial charge in [-0.3, -0.25) is 0 Å². The molecule has 0 N–H and O–H groups in total. The molecule has 0 atom stereocenters. The third-order valence-corrected chi connectivity index (χ3v) is 1.83. The summed E-state index contributed by atoms with van der Waals surface area (Å²) in [5.74, 6) is -1.04. The van der Waals surface area contributed by atoms with Crippen molar-refractivity contribution in [2.75, 3.05) is 13.7 Å². The molecular weight excluding hydrogens is 210 g/mol. The van der Waals surface area contributed by atoms with Crippen molar-refractivity contribution in [1.29, 1.82) is 0 Å². The van der Waals surface area contributed by atoms with E-state index in [2.05, 4.69) is 9.72 Å². The summed E-state index contributed by atoms with van der Waals surface area (Å²) in [6.45, 7) is 2.23. The Balaban J connectivity index is 2.81. The average Bonchev–Trinajstić information content (AvgIpc) is 2.35. The van der Waals surface area contributed by atoms with Gasteiger partial charge in [0.2, 0.25) is 0 Å². The van der Waals surface area contributed by atoms with E-state index in [1.165, 1.54) is 25.4 Å². The number of esters is 2. The predicted octanol–water partition coefficient (Wildman–Crippen LogP) is 1.44. The molecule has 0 aliphatic heterocycles. The second kappa shape index (κ2) is 5.85. The summed E-state index contributed by atoms with van der Waals surface area (Å²) in [6.07, 6.45) is 2.11. The first-order chi connectivity index (χ1) is 7.69. The van der Waals surface area contributed by atoms with Gasteiger partial charge in [-0.05, 0) is 18.6 Å². The molecule has 0 aliphatic rings. The SMILES string of the molecule is CCCOC(=O)c1cc(C(=O)OC)ccn1. The fourth-order valence-corrected chi connectivity index (χ4v) is 1.06. The molecule has 0 saturated carbocycles. The molecule has 1 aromatic heterocycles. The molecule has 0 unspecified atom stereocenters. The zero-order valence-electron chi connectivity index (χ0n) is 9.23. The lowest BCUT2D eigenvalue weighted by Gasteiger charge is -2.03. The van der Waals surface area contributed by atoms with Crippen LogP contribution in [0.15, 0.2) is 18.3 Å². The summed E-state index contributed by atoms with van der Waals surface area (Å²) in [5.41, 5.74) is 0.386. The lowest BCUT2D eigenvalue weighted by atomic mass is 10.2. The Labute approximate surface area is 93.4 Å². The summed E-state index contributed by atoms with van der Waals surface area (Å²) in [7, 11) is 1.28. The lowest BCUT2D eigenvalue weighted by molar-refractivity contribution is 0.0498. The predicted molar refractivity (Wildman–Crippen MR) is 56.2 cm³/mol. The minimum Gasteiger partial charge on any atom is -0.465 e. The van der Waals surface area contributed by atoms with E-state index < -0.39 is 11.9 Å². The Hall–Kier alpha value is -1.91. The van der Waals surface area contributed by atoms with E-state index in [0.29, 0.717) is 6.61 Å². The summed E-state index contributed by atoms with van der Waals surface area (Å²) >= 11 is 0. The van der Waals surface area contributed by atoms with Crippen molar-refractivity contribution in [3.8, 4) is 0 Å². The Morgan fingerprint density at radius 1 is 1.38 bits per heavy atom. The van der Waals surface area contributed by atoms with Crippen molar-refractivity contribution in [3.05, 3.63) is 29.6 Å². The molecule has 16 heavy (non-hydrogen) atoms. The molecule has 0 radical (unpaired) electrons. The number of rotatable bonds is 4. The van der Waals surface area contributed by atoms with Gasteiger partial charge in [-0.25, -0.2) is 14.6 Å². The van der Waals surface area contributed by atoms with Gasteiger partial charge in [0.05, 0.1) is 19.3 Å². The molecule has 0 saturated heterocycles. The smallest absolute Gasteiger partial charge is 0.356 e. The van der Waals surface area contributed by atoms with Gasteiger partial charge in [-0.2, -0.15) is 0 Å². The highest BCUT2D eigenvalue weighted by atomic mass is 16.5. The molecule has 1 aromatic rings. The first-order valence-corrected chi connectivity index (χ1v) is 4.90. The fraction of sp³-hybridized carbons (Fsp3) is 0.364. The maximum absolute atomic E-state index is 11.4. The summed E-state index contributed by atoms with van der Waals surface area (Å²) in [5, 5.41) is 0. The monoisotopic (exact) mass is 223 g/mol. The standard InChI is InChI=1S/C11H13NO4/c1-3-6-16-11(14)9-7-8(4-5-12-9)10(13)15-2/h4-5,7H,3,6H2,1-2H3. The van der Waals surface area contributed by atoms with Gasteiger partial charge in [0.15, 0.2) is 0 Å². The molecule has 0 fully saturated rings. The number of nitrogens with zero attached hydrogens (tertiary/aromatic N) is 1. The minimum absolute atomic E-state index is 0.108. The lowest BCUT2D eigenvalue weighted by Crippen LogP contribution is -2.10. The highest BCUT2D eigenvalue weighted by Crippen LogP contribution is 2.05. The number of hydrogen-bond donors (Lipinski definition) is 0. The molecule has 0 aromatic carbocycles. The molecule has 86 valence electrons. The van der Waals surface area contributed by atoms with Crippen molar-refractivity contribution < 1.29 is 19.1 Å². The molecule has 1 heterocycles. The van der Waals surface area contributed by atoms with Crippen LogP contribution in [0.1, 0.15) is 34.2 Å². The van der Waals surface area contributed by atoms with Crippen LogP contribution in [0, 0.1) is 0 Å². The average molecular weight is 223 g/mol. The van der Waals surface area contributed by atoms with Gasteiger partial charge in [0.1, 0.15) is 5.69 Å². The largest absolute Gasteiger partial charge is 0.465 e. The fourth-order valence-electron chi connectivity index (χ4n) is 1.06. The first kappa shape index (κ1) is 12.2. The topological polar surface area (TPSA) is 65.5 Å². The zero-order valence-corrected chi connectivity index (χ0v) is 9.23. The van der Waals surface area contributed by atoms with E-state index in [4.69, 9.17) is 4.74 Å². The van der Waals surface area contributed by atoms with E-state index in [1.54, 1.807) is 0 Å². The van der Waals surface area contributed by atoms with Gasteiger partial charge >= 0.3 is 11.9 Å². The molecule has 0 amide bonds. The molecule has 5 nitrogen and oxygen atoms in total. The number of carbonyl (C=O) groups is 2. The molecule has 0 spiro atoms. The third kappa shape index (κ3) is 3.05. The Kier molecular flexibility index (Phi) is 4.44. The van der Waals surface area contributed by atoms with Crippen LogP contribution < -0.4 is 0 Å². The number of carbonyl (C=O) groups excluding carboxylic acids is 2. The van der Waals surface area contributed by atoms with E-state index in [-0.39, 0.29) is 11.3 Å². The van der Waals surface area contributed by atoms with Gasteiger partial charge in [-0.15, -0.1) is 0 Å². The Morgan fingerprint density at radius 3 is 2.75 bits per heavy atom. The van der Waals surface area contributed by atoms with Gasteiger partial charge in [-0.1, -0.05) is 6.92 Å². The molecule has 5 heteroatoms. The second-order valence-electron chi connectivity index (χ2n) is 3.06. The quantitative estimate of drug-likeness (QED) is 0.722. The van der Waals surface area contributed by atoms with Crippen LogP contribution in [0.2, 0.25) is 0 Å². The van der Waals surface area contributed by atoms with E-state index >= 15 is 0 Å². The maximum atomic E-state index is 11.4. The van der Waals surface area contributed by atoms with Crippen molar-refractivity contribution in [1.82, 2.24) is 4.98 Å². The Bertz CT molecular complexity index is 389. The van der Waals surface area contributed by atoms with Crippen LogP contribution >= 0.6 is 0 Å². The van der Waals surface area contributed by atoms with Crippen molar-refractivity contribution in [2.45, 2.75) is 13.3 Å². The number of pyridine rings is 1. The van der Waals surface area contributed by atoms with Crippen LogP contribution in [-0.2, 0) is 9.47 Å². The van der Waals surface area contributed by atoms with E-state index in [1.807, 2.05) is 6.92 Å². The van der Waals surface area contributed by atoms with Crippen LogP contribution in [0.3, 0.4) is 0 Å². The summed E-state index contributed by atoms with van der Waals surface area (Å²) < 4.78 is 9.43. The van der Waals surface area contributed by atoms with Crippen LogP contribution in [0.4, 0.5) is 0 Å². The normalized spacial score (nSPS) is 9.62. The molecule has 1 rings (SSSR count). The Morgan fingerprint density at radius 2 is 2.12 bits per heavy atom. The minimum atomic E-state index is -0.535. The number of methoxy groups -OCH3 is 1. The zero-order chi connectivity index (χ0) is 12.0. The number of ether oxygens (including phenoxy) is 2. The van der Waals surface area contributed by atoms with Crippen molar-refractivity contribution >= 4 is 11.9 Å². The van der Waals surface area contributed by atoms with Crippen LogP contribution in [0.5, 0.6) is 0 Å². The first-order valence-electron chi connectivity index (χ1n) is 4.90. The van der Waals surface area contributed by atoms with E-state index in [9.17, 15) is 9.59 Å². The summed E-state index contributed by atoms with van der Waals surface area (Å²) in [6, 6.07) is 2.83. The van der Waals surface area contributed by atoms with Gasteiger partial charge < -0.3 is 9.47 Å². The second-order valence-corrected chi connectivity index (χ2v) is 3.06. The summed E-state index contributed by atoms with van der Waals surface area (Å²) in [4.78, 5) is 26.5. The van der Waals surface area contributed by atoms with Gasteiger partial charge in [0.25, 0.3) is 0 Å². The highest BCUT2D eigenvalue weighted by Gasteiger charge is 2.12. The van der Waals surface area contributed by atoms with E-state index in [0.717, 1.165) is 6.42 Å². The third-order valence-electron chi connectivity index (χ3n) is 1.83.